The number of methoxy groups -OCH3 is 1. The Bertz CT molecular complexity index is 506. The molecule has 0 saturated carbocycles. The van der Waals surface area contributed by atoms with Crippen LogP contribution in [0.4, 0.5) is 0 Å². The normalized spacial score (nSPS) is 10.2. The van der Waals surface area contributed by atoms with Crippen LogP contribution in [-0.4, -0.2) is 55.3 Å². The molecule has 1 aromatic rings. The highest BCUT2D eigenvalue weighted by Crippen LogP contribution is 2.24. The van der Waals surface area contributed by atoms with E-state index >= 15 is 0 Å². The lowest BCUT2D eigenvalue weighted by molar-refractivity contribution is -0.143. The molecule has 0 bridgehead atoms. The van der Waals surface area contributed by atoms with E-state index in [1.54, 1.807) is 6.92 Å². The fourth-order valence-electron chi connectivity index (χ4n) is 1.64. The van der Waals surface area contributed by atoms with Gasteiger partial charge in [-0.1, -0.05) is 11.6 Å². The maximum Gasteiger partial charge on any atom is 0.325 e. The Labute approximate surface area is 128 Å². The Hall–Kier alpha value is -1.79. The highest BCUT2D eigenvalue weighted by molar-refractivity contribution is 6.32. The van der Waals surface area contributed by atoms with Crippen molar-refractivity contribution < 1.29 is 24.2 Å². The number of amides is 1. The van der Waals surface area contributed by atoms with Crippen molar-refractivity contribution in [2.45, 2.75) is 6.92 Å². The summed E-state index contributed by atoms with van der Waals surface area (Å²) in [6.45, 7) is 2.30. The number of benzene rings is 1. The van der Waals surface area contributed by atoms with Crippen LogP contribution in [0.15, 0.2) is 18.2 Å². The minimum atomic E-state index is -0.494. The third kappa shape index (κ3) is 5.24. The van der Waals surface area contributed by atoms with E-state index in [0.717, 1.165) is 0 Å². The standard InChI is InChI=1S/C14H18ClNO5/c1-3-21-13(18)9-16(6-7-20-2)14(19)10-4-5-12(17)11(15)8-10/h4-5,8,17H,3,6-7,9H2,1-2H3. The monoisotopic (exact) mass is 315 g/mol. The number of phenols is 1. The van der Waals surface area contributed by atoms with Gasteiger partial charge >= 0.3 is 5.97 Å². The summed E-state index contributed by atoms with van der Waals surface area (Å²) in [5, 5.41) is 9.44. The van der Waals surface area contributed by atoms with Gasteiger partial charge in [0.05, 0.1) is 18.2 Å². The van der Waals surface area contributed by atoms with E-state index in [0.29, 0.717) is 0 Å². The van der Waals surface area contributed by atoms with E-state index in [-0.39, 0.29) is 48.5 Å². The molecule has 21 heavy (non-hydrogen) atoms. The van der Waals surface area contributed by atoms with Gasteiger partial charge < -0.3 is 19.5 Å². The van der Waals surface area contributed by atoms with Crippen molar-refractivity contribution in [2.75, 3.05) is 33.4 Å². The predicted octanol–water partition coefficient (Wildman–Crippen LogP) is 1.70. The van der Waals surface area contributed by atoms with Crippen LogP contribution in [0, 0.1) is 0 Å². The van der Waals surface area contributed by atoms with E-state index < -0.39 is 5.97 Å². The quantitative estimate of drug-likeness (QED) is 0.775. The van der Waals surface area contributed by atoms with Crippen LogP contribution in [-0.2, 0) is 14.3 Å². The summed E-state index contributed by atoms with van der Waals surface area (Å²) in [6.07, 6.45) is 0. The highest BCUT2D eigenvalue weighted by Gasteiger charge is 2.20. The number of ether oxygens (including phenoxy) is 2. The number of halogens is 1. The SMILES string of the molecule is CCOC(=O)CN(CCOC)C(=O)c1ccc(O)c(Cl)c1. The number of carbonyl (C=O) groups excluding carboxylic acids is 2. The van der Waals surface area contributed by atoms with Crippen LogP contribution in [0.1, 0.15) is 17.3 Å². The van der Waals surface area contributed by atoms with Crippen LogP contribution in [0.5, 0.6) is 5.75 Å². The van der Waals surface area contributed by atoms with Crippen LogP contribution in [0.25, 0.3) is 0 Å². The molecule has 7 heteroatoms. The van der Waals surface area contributed by atoms with Gasteiger partial charge in [0.1, 0.15) is 12.3 Å². The van der Waals surface area contributed by atoms with E-state index in [9.17, 15) is 14.7 Å². The molecule has 0 radical (unpaired) electrons. The second-order valence-electron chi connectivity index (χ2n) is 4.19. The summed E-state index contributed by atoms with van der Waals surface area (Å²) in [4.78, 5) is 25.2. The first-order valence-corrected chi connectivity index (χ1v) is 6.79. The van der Waals surface area contributed by atoms with Crippen LogP contribution in [0.2, 0.25) is 5.02 Å². The molecule has 0 aromatic heterocycles. The molecule has 0 heterocycles. The number of aromatic hydroxyl groups is 1. The smallest absolute Gasteiger partial charge is 0.325 e. The van der Waals surface area contributed by atoms with Crippen molar-refractivity contribution in [1.82, 2.24) is 4.90 Å². The van der Waals surface area contributed by atoms with Crippen LogP contribution < -0.4 is 0 Å². The van der Waals surface area contributed by atoms with Gasteiger partial charge in [-0.25, -0.2) is 0 Å². The number of hydrogen-bond donors (Lipinski definition) is 1. The molecule has 0 aliphatic carbocycles. The average Bonchev–Trinajstić information content (AvgIpc) is 2.46. The molecule has 0 unspecified atom stereocenters. The maximum atomic E-state index is 12.4. The Balaban J connectivity index is 2.87. The van der Waals surface area contributed by atoms with Crippen LogP contribution in [0.3, 0.4) is 0 Å². The number of nitrogens with zero attached hydrogens (tertiary/aromatic N) is 1. The van der Waals surface area contributed by atoms with Gasteiger partial charge in [0.25, 0.3) is 5.91 Å². The molecule has 6 nitrogen and oxygen atoms in total. The zero-order valence-corrected chi connectivity index (χ0v) is 12.7. The Kier molecular flexibility index (Phi) is 6.98. The Morgan fingerprint density at radius 3 is 2.67 bits per heavy atom. The Morgan fingerprint density at radius 1 is 1.38 bits per heavy atom. The maximum absolute atomic E-state index is 12.4. The first-order chi connectivity index (χ1) is 9.99. The largest absolute Gasteiger partial charge is 0.506 e. The summed E-state index contributed by atoms with van der Waals surface area (Å²) < 4.78 is 9.77. The fraction of sp³-hybridized carbons (Fsp3) is 0.429. The van der Waals surface area contributed by atoms with Gasteiger partial charge in [0, 0.05) is 19.2 Å². The molecule has 1 N–H and O–H groups in total. The lowest BCUT2D eigenvalue weighted by atomic mass is 10.2. The second-order valence-corrected chi connectivity index (χ2v) is 4.60. The number of carbonyl (C=O) groups is 2. The summed E-state index contributed by atoms with van der Waals surface area (Å²) in [7, 11) is 1.50. The fourth-order valence-corrected chi connectivity index (χ4v) is 1.82. The number of rotatable bonds is 7. The van der Waals surface area contributed by atoms with E-state index in [1.165, 1.54) is 30.2 Å². The van der Waals surface area contributed by atoms with E-state index in [4.69, 9.17) is 21.1 Å². The van der Waals surface area contributed by atoms with Crippen molar-refractivity contribution in [3.63, 3.8) is 0 Å². The van der Waals surface area contributed by atoms with E-state index in [1.807, 2.05) is 0 Å². The molecule has 0 aliphatic heterocycles. The summed E-state index contributed by atoms with van der Waals surface area (Å²) in [6, 6.07) is 4.12. The molecule has 0 fully saturated rings. The first-order valence-electron chi connectivity index (χ1n) is 6.42. The first kappa shape index (κ1) is 17.3. The summed E-state index contributed by atoms with van der Waals surface area (Å²) in [5.41, 5.74) is 0.276. The van der Waals surface area contributed by atoms with Crippen molar-refractivity contribution in [3.05, 3.63) is 28.8 Å². The van der Waals surface area contributed by atoms with Gasteiger partial charge in [0.15, 0.2) is 0 Å². The van der Waals surface area contributed by atoms with Gasteiger partial charge in [-0.05, 0) is 25.1 Å². The molecule has 0 spiro atoms. The average molecular weight is 316 g/mol. The van der Waals surface area contributed by atoms with E-state index in [2.05, 4.69) is 0 Å². The van der Waals surface area contributed by atoms with Gasteiger partial charge in [0.2, 0.25) is 0 Å². The molecule has 0 atom stereocenters. The molecular weight excluding hydrogens is 298 g/mol. The molecule has 1 rings (SSSR count). The highest BCUT2D eigenvalue weighted by atomic mass is 35.5. The van der Waals surface area contributed by atoms with Gasteiger partial charge in [-0.15, -0.1) is 0 Å². The third-order valence-electron chi connectivity index (χ3n) is 2.67. The van der Waals surface area contributed by atoms with Crippen molar-refractivity contribution in [3.8, 4) is 5.75 Å². The molecule has 1 amide bonds. The van der Waals surface area contributed by atoms with Crippen molar-refractivity contribution in [1.29, 1.82) is 0 Å². The lowest BCUT2D eigenvalue weighted by Crippen LogP contribution is -2.38. The third-order valence-corrected chi connectivity index (χ3v) is 2.98. The molecular formula is C14H18ClNO5. The molecule has 1 aromatic carbocycles. The lowest BCUT2D eigenvalue weighted by Gasteiger charge is -2.21. The number of esters is 1. The molecule has 0 saturated heterocycles. The van der Waals surface area contributed by atoms with Gasteiger partial charge in [-0.2, -0.15) is 0 Å². The summed E-state index contributed by atoms with van der Waals surface area (Å²) >= 11 is 5.79. The Morgan fingerprint density at radius 2 is 2.10 bits per heavy atom. The minimum Gasteiger partial charge on any atom is -0.506 e. The van der Waals surface area contributed by atoms with Gasteiger partial charge in [-0.3, -0.25) is 9.59 Å². The van der Waals surface area contributed by atoms with Crippen molar-refractivity contribution >= 4 is 23.5 Å². The topological polar surface area (TPSA) is 76.1 Å². The summed E-state index contributed by atoms with van der Waals surface area (Å²) in [5.74, 6) is -0.990. The van der Waals surface area contributed by atoms with Crippen LogP contribution >= 0.6 is 11.6 Å². The van der Waals surface area contributed by atoms with Crippen molar-refractivity contribution in [2.24, 2.45) is 0 Å². The number of phenolic OH excluding ortho intramolecular Hbond substituents is 1. The zero-order valence-electron chi connectivity index (χ0n) is 12.0. The zero-order chi connectivity index (χ0) is 15.8. The predicted molar refractivity (Wildman–Crippen MR) is 77.5 cm³/mol. The molecule has 116 valence electrons. The number of hydrogen-bond acceptors (Lipinski definition) is 5. The molecule has 0 aliphatic rings. The second kappa shape index (κ2) is 8.49. The minimum absolute atomic E-state index is 0.0728.